The Hall–Kier alpha value is -0.790. The average Bonchev–Trinajstić information content (AvgIpc) is 2.53. The Morgan fingerprint density at radius 2 is 2.00 bits per heavy atom. The van der Waals surface area contributed by atoms with E-state index in [9.17, 15) is 4.79 Å². The Labute approximate surface area is 67.9 Å². The molecule has 0 aliphatic carbocycles. The van der Waals surface area contributed by atoms with Crippen LogP contribution >= 0.6 is 0 Å². The predicted octanol–water partition coefficient (Wildman–Crippen LogP) is 1.57. The summed E-state index contributed by atoms with van der Waals surface area (Å²) in [7, 11) is 0. The maximum atomic E-state index is 11.2. The van der Waals surface area contributed by atoms with Crippen LogP contribution in [0.25, 0.3) is 0 Å². The first kappa shape index (κ1) is 8.31. The molecule has 0 saturated carbocycles. The van der Waals surface area contributed by atoms with Crippen LogP contribution < -0.4 is 0 Å². The lowest BCUT2D eigenvalue weighted by atomic mass is 10.2. The van der Waals surface area contributed by atoms with Gasteiger partial charge in [0, 0.05) is 19.5 Å². The highest BCUT2D eigenvalue weighted by Gasteiger charge is 2.16. The molecule has 2 nitrogen and oxygen atoms in total. The molecule has 0 aromatic carbocycles. The van der Waals surface area contributed by atoms with Gasteiger partial charge >= 0.3 is 0 Å². The third-order valence-electron chi connectivity index (χ3n) is 2.13. The summed E-state index contributed by atoms with van der Waals surface area (Å²) in [6.45, 7) is 7.70. The minimum atomic E-state index is 0.187. The van der Waals surface area contributed by atoms with Crippen molar-refractivity contribution < 1.29 is 4.79 Å². The fraction of sp³-hybridized carbons (Fsp3) is 0.667. The lowest BCUT2D eigenvalue weighted by Gasteiger charge is -2.18. The quantitative estimate of drug-likeness (QED) is 0.574. The second kappa shape index (κ2) is 3.56. The molecule has 1 fully saturated rings. The fourth-order valence-electron chi connectivity index (χ4n) is 1.37. The summed E-state index contributed by atoms with van der Waals surface area (Å²) in [4.78, 5) is 13.2. The van der Waals surface area contributed by atoms with E-state index < -0.39 is 0 Å². The number of allylic oxidation sites excluding steroid dienone is 1. The maximum Gasteiger partial charge on any atom is 0.177 e. The molecular formula is C9H15NO. The van der Waals surface area contributed by atoms with E-state index in [-0.39, 0.29) is 5.78 Å². The molecule has 0 aromatic heterocycles. The standard InChI is InChI=1S/C9H15NO/c1-3-9(11)8(2)10-6-4-5-7-10/h2-7H2,1H3. The number of carbonyl (C=O) groups excluding carboxylic acids is 1. The van der Waals surface area contributed by atoms with Crippen LogP contribution in [0.15, 0.2) is 12.3 Å². The maximum absolute atomic E-state index is 11.2. The van der Waals surface area contributed by atoms with E-state index >= 15 is 0 Å². The molecule has 0 amide bonds. The highest BCUT2D eigenvalue weighted by atomic mass is 16.1. The second-order valence-electron chi connectivity index (χ2n) is 2.92. The highest BCUT2D eigenvalue weighted by Crippen LogP contribution is 2.14. The molecule has 0 N–H and O–H groups in total. The van der Waals surface area contributed by atoms with E-state index in [2.05, 4.69) is 11.5 Å². The van der Waals surface area contributed by atoms with Crippen molar-refractivity contribution in [2.75, 3.05) is 13.1 Å². The van der Waals surface area contributed by atoms with Crippen LogP contribution in [0.2, 0.25) is 0 Å². The van der Waals surface area contributed by atoms with Crippen molar-refractivity contribution in [2.24, 2.45) is 0 Å². The SMILES string of the molecule is C=C(C(=O)CC)N1CCCC1. The van der Waals surface area contributed by atoms with Gasteiger partial charge in [-0.1, -0.05) is 13.5 Å². The molecule has 0 aromatic rings. The van der Waals surface area contributed by atoms with E-state index in [0.29, 0.717) is 12.1 Å². The van der Waals surface area contributed by atoms with Crippen LogP contribution in [0.1, 0.15) is 26.2 Å². The average molecular weight is 153 g/mol. The Bertz CT molecular complexity index is 168. The van der Waals surface area contributed by atoms with Gasteiger partial charge in [0.25, 0.3) is 0 Å². The van der Waals surface area contributed by atoms with Crippen LogP contribution in [0.5, 0.6) is 0 Å². The third kappa shape index (κ3) is 1.82. The van der Waals surface area contributed by atoms with Gasteiger partial charge in [0.05, 0.1) is 5.70 Å². The van der Waals surface area contributed by atoms with Crippen LogP contribution in [0.3, 0.4) is 0 Å². The topological polar surface area (TPSA) is 20.3 Å². The minimum Gasteiger partial charge on any atom is -0.369 e. The molecule has 0 atom stereocenters. The molecule has 0 bridgehead atoms. The number of hydrogen-bond donors (Lipinski definition) is 0. The zero-order chi connectivity index (χ0) is 8.27. The zero-order valence-corrected chi connectivity index (χ0v) is 7.10. The normalized spacial score (nSPS) is 17.0. The van der Waals surface area contributed by atoms with Gasteiger partial charge in [-0.3, -0.25) is 4.79 Å². The minimum absolute atomic E-state index is 0.187. The predicted molar refractivity (Wildman–Crippen MR) is 45.2 cm³/mol. The van der Waals surface area contributed by atoms with Gasteiger partial charge < -0.3 is 4.90 Å². The molecule has 1 aliphatic heterocycles. The molecular weight excluding hydrogens is 138 g/mol. The summed E-state index contributed by atoms with van der Waals surface area (Å²) in [5, 5.41) is 0. The largest absolute Gasteiger partial charge is 0.369 e. The first-order valence-corrected chi connectivity index (χ1v) is 4.22. The summed E-state index contributed by atoms with van der Waals surface area (Å²) in [6.07, 6.45) is 2.99. The van der Waals surface area contributed by atoms with E-state index in [1.54, 1.807) is 0 Å². The first-order valence-electron chi connectivity index (χ1n) is 4.22. The monoisotopic (exact) mass is 153 g/mol. The van der Waals surface area contributed by atoms with Gasteiger partial charge in [-0.25, -0.2) is 0 Å². The van der Waals surface area contributed by atoms with E-state index in [0.717, 1.165) is 13.1 Å². The molecule has 0 unspecified atom stereocenters. The summed E-state index contributed by atoms with van der Waals surface area (Å²) in [5.41, 5.74) is 0.713. The van der Waals surface area contributed by atoms with Gasteiger partial charge in [-0.15, -0.1) is 0 Å². The van der Waals surface area contributed by atoms with E-state index in [1.807, 2.05) is 6.92 Å². The highest BCUT2D eigenvalue weighted by molar-refractivity contribution is 5.93. The Balaban J connectivity index is 2.46. The molecule has 1 aliphatic rings. The van der Waals surface area contributed by atoms with E-state index in [4.69, 9.17) is 0 Å². The van der Waals surface area contributed by atoms with Crippen LogP contribution in [0, 0.1) is 0 Å². The van der Waals surface area contributed by atoms with Gasteiger partial charge in [-0.05, 0) is 12.8 Å². The number of likely N-dealkylation sites (tertiary alicyclic amines) is 1. The molecule has 1 saturated heterocycles. The lowest BCUT2D eigenvalue weighted by molar-refractivity contribution is -0.116. The zero-order valence-electron chi connectivity index (χ0n) is 7.10. The van der Waals surface area contributed by atoms with Gasteiger partial charge in [0.2, 0.25) is 0 Å². The van der Waals surface area contributed by atoms with Gasteiger partial charge in [0.15, 0.2) is 5.78 Å². The van der Waals surface area contributed by atoms with Crippen molar-refractivity contribution >= 4 is 5.78 Å². The molecule has 1 heterocycles. The molecule has 0 spiro atoms. The summed E-state index contributed by atoms with van der Waals surface area (Å²) < 4.78 is 0. The number of rotatable bonds is 3. The van der Waals surface area contributed by atoms with Crippen molar-refractivity contribution in [2.45, 2.75) is 26.2 Å². The number of ketones is 1. The number of nitrogens with zero attached hydrogens (tertiary/aromatic N) is 1. The van der Waals surface area contributed by atoms with Crippen LogP contribution in [0.4, 0.5) is 0 Å². The molecule has 2 heteroatoms. The first-order chi connectivity index (χ1) is 5.25. The summed E-state index contributed by atoms with van der Waals surface area (Å²) in [5.74, 6) is 0.187. The van der Waals surface area contributed by atoms with Gasteiger partial charge in [-0.2, -0.15) is 0 Å². The Morgan fingerprint density at radius 1 is 1.45 bits per heavy atom. The summed E-state index contributed by atoms with van der Waals surface area (Å²) in [6, 6.07) is 0. The third-order valence-corrected chi connectivity index (χ3v) is 2.13. The van der Waals surface area contributed by atoms with Crippen LogP contribution in [-0.4, -0.2) is 23.8 Å². The number of Topliss-reactive ketones (excluding diaryl/α,β-unsaturated/α-hetero) is 1. The van der Waals surface area contributed by atoms with Crippen LogP contribution in [-0.2, 0) is 4.79 Å². The van der Waals surface area contributed by atoms with Gasteiger partial charge in [0.1, 0.15) is 0 Å². The van der Waals surface area contributed by atoms with Crippen molar-refractivity contribution in [3.05, 3.63) is 12.3 Å². The molecule has 1 rings (SSSR count). The molecule has 0 radical (unpaired) electrons. The van der Waals surface area contributed by atoms with Crippen molar-refractivity contribution in [1.29, 1.82) is 0 Å². The summed E-state index contributed by atoms with van der Waals surface area (Å²) >= 11 is 0. The lowest BCUT2D eigenvalue weighted by Crippen LogP contribution is -2.23. The Morgan fingerprint density at radius 3 is 2.45 bits per heavy atom. The second-order valence-corrected chi connectivity index (χ2v) is 2.92. The van der Waals surface area contributed by atoms with Crippen molar-refractivity contribution in [3.8, 4) is 0 Å². The smallest absolute Gasteiger partial charge is 0.177 e. The van der Waals surface area contributed by atoms with E-state index in [1.165, 1.54) is 12.8 Å². The van der Waals surface area contributed by atoms with Crippen molar-refractivity contribution in [1.82, 2.24) is 4.90 Å². The fourth-order valence-corrected chi connectivity index (χ4v) is 1.37. The molecule has 11 heavy (non-hydrogen) atoms. The number of carbonyl (C=O) groups is 1. The molecule has 62 valence electrons. The van der Waals surface area contributed by atoms with Crippen molar-refractivity contribution in [3.63, 3.8) is 0 Å². The number of hydrogen-bond acceptors (Lipinski definition) is 2. The Kier molecular flexibility index (Phi) is 2.69.